The number of amides is 1. The molecule has 0 saturated heterocycles. The summed E-state index contributed by atoms with van der Waals surface area (Å²) in [6, 6.07) is 0. The van der Waals surface area contributed by atoms with Gasteiger partial charge in [-0.15, -0.1) is 11.3 Å². The van der Waals surface area contributed by atoms with Crippen molar-refractivity contribution in [3.63, 3.8) is 0 Å². The molecule has 1 amide bonds. The monoisotopic (exact) mass is 257 g/mol. The van der Waals surface area contributed by atoms with Crippen LogP contribution in [0.15, 0.2) is 5.38 Å². The molecule has 0 bridgehead atoms. The molecule has 0 spiro atoms. The van der Waals surface area contributed by atoms with Gasteiger partial charge in [0.25, 0.3) is 0 Å². The van der Waals surface area contributed by atoms with E-state index in [9.17, 15) is 9.59 Å². The van der Waals surface area contributed by atoms with Gasteiger partial charge in [-0.05, 0) is 19.4 Å². The Morgan fingerprint density at radius 2 is 2.24 bits per heavy atom. The first-order valence-corrected chi connectivity index (χ1v) is 6.14. The number of carbonyl (C=O) groups excluding carboxylic acids is 1. The van der Waals surface area contributed by atoms with Crippen molar-refractivity contribution in [1.29, 1.82) is 0 Å². The molecule has 0 radical (unpaired) electrons. The van der Waals surface area contributed by atoms with Crippen molar-refractivity contribution in [1.82, 2.24) is 10.3 Å². The number of nitrogens with two attached hydrogens (primary N) is 1. The largest absolute Gasteiger partial charge is 0.476 e. The number of thiazole rings is 1. The van der Waals surface area contributed by atoms with Crippen LogP contribution in [0.2, 0.25) is 0 Å². The molecule has 6 nitrogen and oxygen atoms in total. The minimum atomic E-state index is -0.997. The number of carboxylic acid groups (broad SMARTS) is 1. The Labute approximate surface area is 103 Å². The maximum Gasteiger partial charge on any atom is 0.365 e. The molecular weight excluding hydrogens is 242 g/mol. The first-order chi connectivity index (χ1) is 8.09. The van der Waals surface area contributed by atoms with Gasteiger partial charge in [-0.25, -0.2) is 9.78 Å². The van der Waals surface area contributed by atoms with E-state index in [-0.39, 0.29) is 10.9 Å². The Bertz CT molecular complexity index is 392. The van der Waals surface area contributed by atoms with Crippen LogP contribution >= 0.6 is 11.3 Å². The van der Waals surface area contributed by atoms with Crippen LogP contribution in [0.3, 0.4) is 0 Å². The average molecular weight is 257 g/mol. The molecular formula is C10H15N3O3S. The number of carbonyl (C=O) groups is 2. The highest BCUT2D eigenvalue weighted by Gasteiger charge is 2.07. The molecule has 7 heteroatoms. The molecule has 0 aliphatic rings. The molecule has 0 unspecified atom stereocenters. The minimum absolute atomic E-state index is 0.107. The first-order valence-electron chi connectivity index (χ1n) is 5.26. The fraction of sp³-hybridized carbons (Fsp3) is 0.500. The predicted octanol–water partition coefficient (Wildman–Crippen LogP) is 0.586. The van der Waals surface area contributed by atoms with Gasteiger partial charge in [0.2, 0.25) is 10.9 Å². The number of nitrogens with one attached hydrogen (secondary N) is 1. The van der Waals surface area contributed by atoms with Crippen LogP contribution in [0.25, 0.3) is 0 Å². The molecule has 1 heterocycles. The Hall–Kier alpha value is -1.47. The molecule has 94 valence electrons. The highest BCUT2D eigenvalue weighted by Crippen LogP contribution is 2.09. The Balaban J connectivity index is 2.13. The average Bonchev–Trinajstić information content (AvgIpc) is 2.71. The lowest BCUT2D eigenvalue weighted by Gasteiger charge is -2.01. The normalized spacial score (nSPS) is 10.4. The molecule has 17 heavy (non-hydrogen) atoms. The minimum Gasteiger partial charge on any atom is -0.476 e. The summed E-state index contributed by atoms with van der Waals surface area (Å²) in [6.45, 7) is 1.30. The third-order valence-electron chi connectivity index (χ3n) is 2.07. The second kappa shape index (κ2) is 6.97. The number of hydrogen-bond donors (Lipinski definition) is 3. The van der Waals surface area contributed by atoms with E-state index in [2.05, 4.69) is 10.3 Å². The molecule has 0 aliphatic heterocycles. The molecule has 0 fully saturated rings. The molecule has 0 atom stereocenters. The van der Waals surface area contributed by atoms with Crippen molar-refractivity contribution in [3.8, 4) is 0 Å². The van der Waals surface area contributed by atoms with Crippen LogP contribution < -0.4 is 11.1 Å². The molecule has 4 N–H and O–H groups in total. The molecule has 1 rings (SSSR count). The molecule has 0 aromatic carbocycles. The summed E-state index contributed by atoms with van der Waals surface area (Å²) >= 11 is 1.12. The lowest BCUT2D eigenvalue weighted by Crippen LogP contribution is -2.16. The third kappa shape index (κ3) is 5.41. The van der Waals surface area contributed by atoms with Crippen LogP contribution in [0.1, 0.15) is 34.8 Å². The lowest BCUT2D eigenvalue weighted by atomic mass is 10.2. The van der Waals surface area contributed by atoms with Crippen molar-refractivity contribution < 1.29 is 14.7 Å². The molecule has 1 aromatic rings. The smallest absolute Gasteiger partial charge is 0.365 e. The second-order valence-corrected chi connectivity index (χ2v) is 4.41. The zero-order chi connectivity index (χ0) is 12.7. The van der Waals surface area contributed by atoms with Gasteiger partial charge in [-0.1, -0.05) is 0 Å². The summed E-state index contributed by atoms with van der Waals surface area (Å²) in [4.78, 5) is 25.0. The highest BCUT2D eigenvalue weighted by atomic mass is 32.1. The zero-order valence-electron chi connectivity index (χ0n) is 9.31. The van der Waals surface area contributed by atoms with Gasteiger partial charge in [0.05, 0.1) is 5.69 Å². The number of rotatable bonds is 8. The standard InChI is InChI=1S/C10H15N3O3S/c11-8(14)3-1-2-4-12-5-7-6-17-9(13-7)10(15)16/h6,12H,1-5H2,(H2,11,14)(H,15,16). The predicted molar refractivity (Wildman–Crippen MR) is 63.8 cm³/mol. The van der Waals surface area contributed by atoms with E-state index < -0.39 is 5.97 Å². The van der Waals surface area contributed by atoms with Crippen LogP contribution in [0, 0.1) is 0 Å². The van der Waals surface area contributed by atoms with E-state index in [0.29, 0.717) is 13.0 Å². The van der Waals surface area contributed by atoms with Crippen molar-refractivity contribution in [3.05, 3.63) is 16.1 Å². The zero-order valence-corrected chi connectivity index (χ0v) is 10.1. The van der Waals surface area contributed by atoms with E-state index in [0.717, 1.165) is 36.4 Å². The van der Waals surface area contributed by atoms with Crippen LogP contribution in [0.5, 0.6) is 0 Å². The summed E-state index contributed by atoms with van der Waals surface area (Å²) < 4.78 is 0. The first kappa shape index (κ1) is 13.6. The van der Waals surface area contributed by atoms with Crippen molar-refractivity contribution in [2.75, 3.05) is 6.54 Å². The Morgan fingerprint density at radius 1 is 1.47 bits per heavy atom. The van der Waals surface area contributed by atoms with E-state index in [1.807, 2.05) is 0 Å². The van der Waals surface area contributed by atoms with E-state index in [1.54, 1.807) is 5.38 Å². The summed E-state index contributed by atoms with van der Waals surface area (Å²) in [5, 5.41) is 13.6. The van der Waals surface area contributed by atoms with Gasteiger partial charge in [0, 0.05) is 18.3 Å². The van der Waals surface area contributed by atoms with Gasteiger partial charge in [-0.2, -0.15) is 0 Å². The number of aromatic carboxylic acids is 1. The Morgan fingerprint density at radius 3 is 2.82 bits per heavy atom. The fourth-order valence-electron chi connectivity index (χ4n) is 1.25. The number of primary amides is 1. The number of unbranched alkanes of at least 4 members (excludes halogenated alkanes) is 1. The lowest BCUT2D eigenvalue weighted by molar-refractivity contribution is -0.118. The van der Waals surface area contributed by atoms with Crippen molar-refractivity contribution in [2.24, 2.45) is 5.73 Å². The number of aromatic nitrogens is 1. The maximum atomic E-state index is 10.6. The topological polar surface area (TPSA) is 105 Å². The third-order valence-corrected chi connectivity index (χ3v) is 2.95. The van der Waals surface area contributed by atoms with Crippen LogP contribution in [-0.2, 0) is 11.3 Å². The van der Waals surface area contributed by atoms with Gasteiger partial charge in [0.1, 0.15) is 0 Å². The van der Waals surface area contributed by atoms with Crippen LogP contribution in [0.4, 0.5) is 0 Å². The number of nitrogens with zero attached hydrogens (tertiary/aromatic N) is 1. The summed E-state index contributed by atoms with van der Waals surface area (Å²) in [7, 11) is 0. The van der Waals surface area contributed by atoms with Gasteiger partial charge < -0.3 is 16.2 Å². The molecule has 0 saturated carbocycles. The highest BCUT2D eigenvalue weighted by molar-refractivity contribution is 7.11. The quantitative estimate of drug-likeness (QED) is 0.591. The number of carboxylic acids is 1. The van der Waals surface area contributed by atoms with Gasteiger partial charge >= 0.3 is 5.97 Å². The van der Waals surface area contributed by atoms with Crippen molar-refractivity contribution in [2.45, 2.75) is 25.8 Å². The summed E-state index contributed by atoms with van der Waals surface area (Å²) in [5.74, 6) is -1.28. The van der Waals surface area contributed by atoms with E-state index in [4.69, 9.17) is 10.8 Å². The van der Waals surface area contributed by atoms with E-state index in [1.165, 1.54) is 0 Å². The maximum absolute atomic E-state index is 10.6. The van der Waals surface area contributed by atoms with Gasteiger partial charge in [0.15, 0.2) is 0 Å². The summed E-state index contributed by atoms with van der Waals surface area (Å²) in [5.41, 5.74) is 5.73. The van der Waals surface area contributed by atoms with Crippen molar-refractivity contribution >= 4 is 23.2 Å². The number of hydrogen-bond acceptors (Lipinski definition) is 5. The fourth-order valence-corrected chi connectivity index (χ4v) is 1.91. The molecule has 0 aliphatic carbocycles. The summed E-state index contributed by atoms with van der Waals surface area (Å²) in [6.07, 6.45) is 2.03. The Kier molecular flexibility index (Phi) is 5.58. The van der Waals surface area contributed by atoms with Gasteiger partial charge in [-0.3, -0.25) is 4.79 Å². The van der Waals surface area contributed by atoms with E-state index >= 15 is 0 Å². The van der Waals surface area contributed by atoms with Crippen LogP contribution in [-0.4, -0.2) is 28.5 Å². The second-order valence-electron chi connectivity index (χ2n) is 3.55. The molecule has 1 aromatic heterocycles. The SMILES string of the molecule is NC(=O)CCCCNCc1csc(C(=O)O)n1.